The minimum atomic E-state index is -0.590. The van der Waals surface area contributed by atoms with Gasteiger partial charge in [-0.3, -0.25) is 14.4 Å². The topological polar surface area (TPSA) is 60.9 Å². The molecule has 2 heterocycles. The van der Waals surface area contributed by atoms with E-state index in [-0.39, 0.29) is 17.7 Å². The summed E-state index contributed by atoms with van der Waals surface area (Å²) in [5.74, 6) is -0.000731. The number of hydrogen-bond donors (Lipinski definition) is 0. The number of nitrogens with zero attached hydrogens (tertiary/aromatic N) is 3. The van der Waals surface area contributed by atoms with E-state index in [1.165, 1.54) is 5.56 Å². The average Bonchev–Trinajstić information content (AvgIpc) is 2.85. The molecule has 0 saturated carbocycles. The summed E-state index contributed by atoms with van der Waals surface area (Å²) in [4.78, 5) is 44.5. The highest BCUT2D eigenvalue weighted by Crippen LogP contribution is 2.28. The molecule has 1 unspecified atom stereocenters. The van der Waals surface area contributed by atoms with Crippen molar-refractivity contribution in [2.24, 2.45) is 0 Å². The number of piperazine rings is 1. The molecule has 2 aromatic carbocycles. The predicted molar refractivity (Wildman–Crippen MR) is 123 cm³/mol. The number of carbonyl (C=O) groups is 3. The van der Waals surface area contributed by atoms with Crippen molar-refractivity contribution < 1.29 is 14.4 Å². The molecule has 2 aromatic rings. The van der Waals surface area contributed by atoms with Crippen molar-refractivity contribution in [1.82, 2.24) is 14.7 Å². The van der Waals surface area contributed by atoms with Crippen LogP contribution in [0.3, 0.4) is 0 Å². The van der Waals surface area contributed by atoms with Gasteiger partial charge in [0.15, 0.2) is 0 Å². The van der Waals surface area contributed by atoms with Gasteiger partial charge in [-0.2, -0.15) is 0 Å². The number of benzene rings is 2. The molecule has 0 radical (unpaired) electrons. The second-order valence-corrected chi connectivity index (χ2v) is 8.53. The summed E-state index contributed by atoms with van der Waals surface area (Å²) >= 11 is 0. The SMILES string of the molecule is CCc1ccc(C(=O)N2CCN(C(=O)C(c3ccccc3)N3CCCCC3=O)CC2)cc1. The summed E-state index contributed by atoms with van der Waals surface area (Å²) in [6.45, 7) is 4.64. The minimum absolute atomic E-state index is 0.00516. The van der Waals surface area contributed by atoms with Gasteiger partial charge in [0.25, 0.3) is 5.91 Å². The highest BCUT2D eigenvalue weighted by atomic mass is 16.2. The zero-order valence-electron chi connectivity index (χ0n) is 18.7. The van der Waals surface area contributed by atoms with E-state index >= 15 is 0 Å². The van der Waals surface area contributed by atoms with Gasteiger partial charge in [0, 0.05) is 44.7 Å². The summed E-state index contributed by atoms with van der Waals surface area (Å²) in [6.07, 6.45) is 3.24. The Balaban J connectivity index is 1.45. The lowest BCUT2D eigenvalue weighted by Gasteiger charge is -2.40. The summed E-state index contributed by atoms with van der Waals surface area (Å²) in [5, 5.41) is 0. The number of rotatable bonds is 5. The lowest BCUT2D eigenvalue weighted by molar-refractivity contribution is -0.148. The Morgan fingerprint density at radius 2 is 1.50 bits per heavy atom. The zero-order chi connectivity index (χ0) is 22.5. The van der Waals surface area contributed by atoms with Crippen molar-refractivity contribution >= 4 is 17.7 Å². The number of piperidine rings is 1. The van der Waals surface area contributed by atoms with E-state index in [0.29, 0.717) is 44.7 Å². The third kappa shape index (κ3) is 4.69. The van der Waals surface area contributed by atoms with Crippen molar-refractivity contribution in [2.45, 2.75) is 38.6 Å². The molecule has 2 aliphatic rings. The standard InChI is InChI=1S/C26H31N3O3/c1-2-20-11-13-22(14-12-20)25(31)27-16-18-28(19-17-27)26(32)24(21-8-4-3-5-9-21)29-15-7-6-10-23(29)30/h3-5,8-9,11-14,24H,2,6-7,10,15-19H2,1H3. The Hall–Kier alpha value is -3.15. The van der Waals surface area contributed by atoms with Crippen LogP contribution in [-0.4, -0.2) is 65.1 Å². The number of aryl methyl sites for hydroxylation is 1. The molecule has 2 saturated heterocycles. The third-order valence-electron chi connectivity index (χ3n) is 6.51. The molecule has 0 aromatic heterocycles. The Bertz CT molecular complexity index is 950. The molecular weight excluding hydrogens is 402 g/mol. The molecule has 32 heavy (non-hydrogen) atoms. The Kier molecular flexibility index (Phi) is 6.88. The molecule has 1 atom stereocenters. The average molecular weight is 434 g/mol. The van der Waals surface area contributed by atoms with Crippen LogP contribution in [0.4, 0.5) is 0 Å². The van der Waals surface area contributed by atoms with E-state index in [0.717, 1.165) is 24.8 Å². The van der Waals surface area contributed by atoms with E-state index in [1.54, 1.807) is 4.90 Å². The summed E-state index contributed by atoms with van der Waals surface area (Å²) < 4.78 is 0. The van der Waals surface area contributed by atoms with Gasteiger partial charge in [0.05, 0.1) is 0 Å². The highest BCUT2D eigenvalue weighted by Gasteiger charge is 2.36. The monoisotopic (exact) mass is 433 g/mol. The predicted octanol–water partition coefficient (Wildman–Crippen LogP) is 3.29. The smallest absolute Gasteiger partial charge is 0.253 e. The van der Waals surface area contributed by atoms with E-state index < -0.39 is 6.04 Å². The van der Waals surface area contributed by atoms with Gasteiger partial charge in [0.1, 0.15) is 6.04 Å². The maximum atomic E-state index is 13.6. The molecular formula is C26H31N3O3. The van der Waals surface area contributed by atoms with Crippen LogP contribution in [0.25, 0.3) is 0 Å². The molecule has 2 fully saturated rings. The molecule has 6 heteroatoms. The second kappa shape index (κ2) is 9.98. The fourth-order valence-electron chi connectivity index (χ4n) is 4.56. The first kappa shape index (κ1) is 22.1. The fourth-order valence-corrected chi connectivity index (χ4v) is 4.56. The molecule has 0 bridgehead atoms. The fraction of sp³-hybridized carbons (Fsp3) is 0.423. The van der Waals surface area contributed by atoms with Gasteiger partial charge in [-0.25, -0.2) is 0 Å². The van der Waals surface area contributed by atoms with Crippen molar-refractivity contribution in [1.29, 1.82) is 0 Å². The van der Waals surface area contributed by atoms with Crippen LogP contribution < -0.4 is 0 Å². The molecule has 0 N–H and O–H groups in total. The van der Waals surface area contributed by atoms with Crippen molar-refractivity contribution in [3.05, 3.63) is 71.3 Å². The van der Waals surface area contributed by atoms with Gasteiger partial charge in [-0.1, -0.05) is 49.4 Å². The van der Waals surface area contributed by atoms with Crippen LogP contribution in [0.1, 0.15) is 53.7 Å². The van der Waals surface area contributed by atoms with Crippen LogP contribution in [-0.2, 0) is 16.0 Å². The lowest BCUT2D eigenvalue weighted by atomic mass is 9.99. The van der Waals surface area contributed by atoms with E-state index in [1.807, 2.05) is 64.4 Å². The lowest BCUT2D eigenvalue weighted by Crippen LogP contribution is -2.54. The van der Waals surface area contributed by atoms with E-state index in [9.17, 15) is 14.4 Å². The van der Waals surface area contributed by atoms with Crippen molar-refractivity contribution in [3.8, 4) is 0 Å². The first-order valence-electron chi connectivity index (χ1n) is 11.6. The largest absolute Gasteiger partial charge is 0.337 e. The molecule has 4 rings (SSSR count). The van der Waals surface area contributed by atoms with E-state index in [4.69, 9.17) is 0 Å². The maximum absolute atomic E-state index is 13.6. The van der Waals surface area contributed by atoms with Crippen LogP contribution >= 0.6 is 0 Å². The van der Waals surface area contributed by atoms with Gasteiger partial charge >= 0.3 is 0 Å². The van der Waals surface area contributed by atoms with Crippen molar-refractivity contribution in [3.63, 3.8) is 0 Å². The maximum Gasteiger partial charge on any atom is 0.253 e. The highest BCUT2D eigenvalue weighted by molar-refractivity contribution is 5.94. The molecule has 168 valence electrons. The normalized spacial score (nSPS) is 17.9. The molecule has 0 spiro atoms. The quantitative estimate of drug-likeness (QED) is 0.727. The number of hydrogen-bond acceptors (Lipinski definition) is 3. The zero-order valence-corrected chi connectivity index (χ0v) is 18.7. The van der Waals surface area contributed by atoms with Gasteiger partial charge < -0.3 is 14.7 Å². The third-order valence-corrected chi connectivity index (χ3v) is 6.51. The van der Waals surface area contributed by atoms with E-state index in [2.05, 4.69) is 6.92 Å². The first-order valence-corrected chi connectivity index (χ1v) is 11.6. The molecule has 2 aliphatic heterocycles. The number of carbonyl (C=O) groups excluding carboxylic acids is 3. The summed E-state index contributed by atoms with van der Waals surface area (Å²) in [5.41, 5.74) is 2.74. The van der Waals surface area contributed by atoms with Gasteiger partial charge in [0.2, 0.25) is 11.8 Å². The Labute approximate surface area is 189 Å². The van der Waals surface area contributed by atoms with Gasteiger partial charge in [-0.15, -0.1) is 0 Å². The van der Waals surface area contributed by atoms with Crippen LogP contribution in [0.2, 0.25) is 0 Å². The Morgan fingerprint density at radius 1 is 0.844 bits per heavy atom. The van der Waals surface area contributed by atoms with Gasteiger partial charge in [-0.05, 0) is 42.5 Å². The van der Waals surface area contributed by atoms with Crippen molar-refractivity contribution in [2.75, 3.05) is 32.7 Å². The minimum Gasteiger partial charge on any atom is -0.337 e. The molecule has 0 aliphatic carbocycles. The second-order valence-electron chi connectivity index (χ2n) is 8.53. The number of amides is 3. The van der Waals surface area contributed by atoms with Crippen LogP contribution in [0.5, 0.6) is 0 Å². The van der Waals surface area contributed by atoms with Crippen LogP contribution in [0.15, 0.2) is 54.6 Å². The first-order chi connectivity index (χ1) is 15.6. The number of likely N-dealkylation sites (tertiary alicyclic amines) is 1. The summed E-state index contributed by atoms with van der Waals surface area (Å²) in [7, 11) is 0. The summed E-state index contributed by atoms with van der Waals surface area (Å²) in [6, 6.07) is 16.7. The molecule has 3 amide bonds. The Morgan fingerprint density at radius 3 is 2.12 bits per heavy atom. The molecule has 6 nitrogen and oxygen atoms in total. The van der Waals surface area contributed by atoms with Crippen LogP contribution in [0, 0.1) is 0 Å².